The van der Waals surface area contributed by atoms with Crippen molar-refractivity contribution in [2.45, 2.75) is 141 Å². The van der Waals surface area contributed by atoms with Gasteiger partial charge in [-0.2, -0.15) is 0 Å². The number of thiophene rings is 3. The Hall–Kier alpha value is -10.5. The van der Waals surface area contributed by atoms with Gasteiger partial charge in [-0.15, -0.1) is 34.0 Å². The predicted molar refractivity (Wildman–Crippen MR) is 470 cm³/mol. The van der Waals surface area contributed by atoms with E-state index in [2.05, 4.69) is 44.0 Å². The minimum atomic E-state index is -0.375. The highest BCUT2D eigenvalue weighted by Gasteiger charge is 2.38. The van der Waals surface area contributed by atoms with Crippen molar-refractivity contribution in [1.82, 2.24) is 24.2 Å². The third-order valence-electron chi connectivity index (χ3n) is 20.5. The van der Waals surface area contributed by atoms with Gasteiger partial charge in [0.15, 0.2) is 23.1 Å². The number of methoxy groups -OCH3 is 2. The average Bonchev–Trinajstić information content (AvgIpc) is 1.66. The summed E-state index contributed by atoms with van der Waals surface area (Å²) in [5.74, 6) is 3.62. The zero-order valence-corrected chi connectivity index (χ0v) is 73.2. The van der Waals surface area contributed by atoms with Crippen LogP contribution in [-0.2, 0) is 51.0 Å². The van der Waals surface area contributed by atoms with E-state index in [0.717, 1.165) is 110 Å². The summed E-state index contributed by atoms with van der Waals surface area (Å²) in [5, 5.41) is 2.65. The van der Waals surface area contributed by atoms with Gasteiger partial charge < -0.3 is 56.0 Å². The Morgan fingerprint density at radius 2 is 1.18 bits per heavy atom. The molecule has 0 saturated heterocycles. The fourth-order valence-electron chi connectivity index (χ4n) is 13.7. The van der Waals surface area contributed by atoms with E-state index in [4.69, 9.17) is 43.5 Å². The van der Waals surface area contributed by atoms with Crippen LogP contribution in [0.1, 0.15) is 172 Å². The van der Waals surface area contributed by atoms with Crippen LogP contribution in [0.15, 0.2) is 250 Å². The lowest BCUT2D eigenvalue weighted by Gasteiger charge is -2.22. The second-order valence-electron chi connectivity index (χ2n) is 29.5. The molecule has 4 fully saturated rings. The fraction of sp³-hybridized carbons (Fsp3) is 0.277. The number of hydrogen-bond acceptors (Lipinski definition) is 16. The van der Waals surface area contributed by atoms with Crippen LogP contribution >= 0.6 is 77.5 Å². The molecule has 0 spiro atoms. The standard InChI is InChI=1S/C22H27NO3.C19H16ClNO2S.C19H16FNO3.C19H16FNO2S.C15H15Br2NO3S/c1-16(24)19-13-21(23(2)14-19)22(25)12-17-7-6-8-18(11-17)15-26-20-9-4-3-5-10-20;20-16-6-2-1-5-15(16)17-9-10-18(23-17)19(22)21(13-7-8-13)12-14-4-3-11-24-14;20-16-6-2-1-5-15(16)17-9-10-18(24-17)19(22)21(13-7-8-13)12-14-4-3-11-23-14;20-14-5-3-13(4-6-14)17-9-10-18(24-17)19(22)21(15-7-8-15)12-16-2-1-11-23-16;1-18(15(19)13-7-11(16)14(17)22-13)8-9-4-5-10(20-2)6-12(9)21-3/h6-8,11,13-14,20H,3-5,9-10,12,15H2,1-2H3;2*1-6,9-11,13H,7-8,12H2;1-6,9-11,15H,7-8,12H2;4-7H,8H2,1-3H3. The molecule has 17 rings (SSSR count). The van der Waals surface area contributed by atoms with Gasteiger partial charge in [-0.25, -0.2) is 8.78 Å². The summed E-state index contributed by atoms with van der Waals surface area (Å²) in [4.78, 5) is 85.9. The van der Waals surface area contributed by atoms with Crippen LogP contribution < -0.4 is 9.47 Å². The van der Waals surface area contributed by atoms with E-state index in [1.807, 2.05) is 124 Å². The van der Waals surface area contributed by atoms with Crippen LogP contribution in [0.2, 0.25) is 5.02 Å². The van der Waals surface area contributed by atoms with E-state index in [-0.39, 0.29) is 58.6 Å². The number of aryl methyl sites for hydroxylation is 1. The first kappa shape index (κ1) is 87.3. The number of halogens is 5. The van der Waals surface area contributed by atoms with Crippen molar-refractivity contribution in [3.8, 4) is 44.6 Å². The first-order valence-electron chi connectivity index (χ1n) is 39.5. The molecular formula is C94H90Br2ClF2N5O13S3. The van der Waals surface area contributed by atoms with Crippen molar-refractivity contribution in [3.05, 3.63) is 315 Å². The van der Waals surface area contributed by atoms with Crippen LogP contribution in [0.5, 0.6) is 11.5 Å². The maximum atomic E-state index is 13.9. The van der Waals surface area contributed by atoms with Crippen molar-refractivity contribution in [3.63, 3.8) is 0 Å². The molecule has 4 amide bonds. The molecule has 0 atom stereocenters. The van der Waals surface area contributed by atoms with Gasteiger partial charge >= 0.3 is 0 Å². The molecule has 120 heavy (non-hydrogen) atoms. The zero-order valence-electron chi connectivity index (χ0n) is 66.9. The van der Waals surface area contributed by atoms with E-state index < -0.39 is 0 Å². The highest BCUT2D eigenvalue weighted by molar-refractivity contribution is 9.13. The summed E-state index contributed by atoms with van der Waals surface area (Å²) in [6.07, 6.45) is 18.0. The maximum absolute atomic E-state index is 13.9. The summed E-state index contributed by atoms with van der Waals surface area (Å²) in [6.45, 7) is 4.12. The number of rotatable bonds is 27. The monoisotopic (exact) mass is 1820 g/mol. The van der Waals surface area contributed by atoms with E-state index in [1.165, 1.54) is 71.9 Å². The fourth-order valence-corrected chi connectivity index (χ4v) is 17.6. The first-order valence-corrected chi connectivity index (χ1v) is 44.0. The molecule has 8 aromatic heterocycles. The van der Waals surface area contributed by atoms with Crippen LogP contribution in [0.25, 0.3) is 33.1 Å². The highest BCUT2D eigenvalue weighted by atomic mass is 79.9. The number of carbonyl (C=O) groups excluding carboxylic acids is 6. The molecule has 622 valence electrons. The van der Waals surface area contributed by atoms with Crippen molar-refractivity contribution in [2.24, 2.45) is 7.05 Å². The van der Waals surface area contributed by atoms with Crippen LogP contribution in [0.3, 0.4) is 0 Å². The number of nitrogens with zero attached hydrogens (tertiary/aromatic N) is 5. The minimum absolute atomic E-state index is 0.0188. The van der Waals surface area contributed by atoms with E-state index in [0.29, 0.717) is 112 Å². The molecule has 26 heteroatoms. The number of Topliss-reactive ketones (excluding diaryl/α,β-unsaturated/α-hetero) is 2. The maximum Gasteiger partial charge on any atom is 0.290 e. The number of ether oxygens (including phenoxy) is 3. The lowest BCUT2D eigenvalue weighted by atomic mass is 9.98. The number of aromatic nitrogens is 1. The summed E-state index contributed by atoms with van der Waals surface area (Å²) in [6, 6.07) is 60.1. The summed E-state index contributed by atoms with van der Waals surface area (Å²) in [5.41, 5.74) is 6.22. The lowest BCUT2D eigenvalue weighted by molar-refractivity contribution is 0.0168. The molecule has 13 aromatic rings. The molecule has 0 unspecified atom stereocenters. The molecule has 0 aliphatic heterocycles. The van der Waals surface area contributed by atoms with Crippen molar-refractivity contribution >= 4 is 113 Å². The Balaban J connectivity index is 0.000000130. The second kappa shape index (κ2) is 41.6. The molecule has 4 aliphatic carbocycles. The minimum Gasteiger partial charge on any atom is -0.497 e. The van der Waals surface area contributed by atoms with Crippen LogP contribution in [0.4, 0.5) is 8.78 Å². The molecular weight excluding hydrogens is 1740 g/mol. The number of furan rings is 4. The molecule has 8 heterocycles. The van der Waals surface area contributed by atoms with Crippen molar-refractivity contribution in [2.75, 3.05) is 21.3 Å². The second-order valence-corrected chi connectivity index (χ2v) is 35.3. The Morgan fingerprint density at radius 3 is 1.75 bits per heavy atom. The van der Waals surface area contributed by atoms with Crippen LogP contribution in [-0.4, -0.2) is 105 Å². The molecule has 18 nitrogen and oxygen atoms in total. The van der Waals surface area contributed by atoms with Gasteiger partial charge in [0.2, 0.25) is 0 Å². The Morgan fingerprint density at radius 1 is 0.567 bits per heavy atom. The lowest BCUT2D eigenvalue weighted by Crippen LogP contribution is -2.32. The average molecular weight is 1830 g/mol. The van der Waals surface area contributed by atoms with E-state index in [1.54, 1.807) is 133 Å². The SMILES string of the molecule is CC(=O)c1cc(C(=O)Cc2cccc(COC3CCCCC3)c2)n(C)c1.COc1ccc(CN(C)C(=O)c2cc(Br)c(Br)s2)c(OC)c1.O=C(c1ccc(-c2ccc(F)cc2)s1)N(Cc1ccco1)C1CC1.O=C(c1ccc(-c2ccccc2Cl)o1)N(Cc1cccs1)C1CC1.O=C(c1ccc(-c2ccccc2F)o1)N(Cc1ccco1)C1CC1. The zero-order chi connectivity index (χ0) is 84.3. The quantitative estimate of drug-likeness (QED) is 0.0441. The Labute approximate surface area is 729 Å². The molecule has 0 bridgehead atoms. The largest absolute Gasteiger partial charge is 0.497 e. The summed E-state index contributed by atoms with van der Waals surface area (Å²) in [7, 11) is 6.78. The normalized spacial score (nSPS) is 13.5. The molecule has 0 N–H and O–H groups in total. The predicted octanol–water partition coefficient (Wildman–Crippen LogP) is 24.0. The topological polar surface area (TPSA) is 201 Å². The van der Waals surface area contributed by atoms with Crippen LogP contribution in [0, 0.1) is 11.6 Å². The first-order chi connectivity index (χ1) is 58.1. The Bertz CT molecular complexity index is 5440. The molecule has 4 aliphatic rings. The van der Waals surface area contributed by atoms with Gasteiger partial charge in [-0.3, -0.25) is 28.8 Å². The van der Waals surface area contributed by atoms with Gasteiger partial charge in [-0.1, -0.05) is 97.6 Å². The highest BCUT2D eigenvalue weighted by Crippen LogP contribution is 2.39. The van der Waals surface area contributed by atoms with Crippen molar-refractivity contribution in [1.29, 1.82) is 0 Å². The van der Waals surface area contributed by atoms with Gasteiger partial charge in [0, 0.05) is 88.4 Å². The molecule has 5 aromatic carbocycles. The van der Waals surface area contributed by atoms with Gasteiger partial charge in [0.05, 0.1) is 88.9 Å². The van der Waals surface area contributed by atoms with Crippen molar-refractivity contribution < 1.29 is 69.4 Å². The number of hydrogen-bond donors (Lipinski definition) is 0. The number of amides is 4. The smallest absolute Gasteiger partial charge is 0.290 e. The Kier molecular flexibility index (Phi) is 30.3. The molecule has 4 saturated carbocycles. The van der Waals surface area contributed by atoms with Gasteiger partial charge in [-0.05, 0) is 240 Å². The number of benzene rings is 5. The van der Waals surface area contributed by atoms with E-state index >= 15 is 0 Å². The number of ketones is 2. The van der Waals surface area contributed by atoms with Gasteiger partial charge in [0.1, 0.15) is 46.2 Å². The van der Waals surface area contributed by atoms with Gasteiger partial charge in [0.25, 0.3) is 23.6 Å². The third-order valence-corrected chi connectivity index (χ3v) is 26.1. The third kappa shape index (κ3) is 23.8. The van der Waals surface area contributed by atoms with E-state index in [9.17, 15) is 37.5 Å². The summed E-state index contributed by atoms with van der Waals surface area (Å²) < 4.78 is 69.2. The number of carbonyl (C=O) groups is 6. The molecule has 0 radical (unpaired) electrons. The summed E-state index contributed by atoms with van der Waals surface area (Å²) >= 11 is 17.5.